The number of aliphatic hydroxyl groups is 1. The number of hydrogen-bond donors (Lipinski definition) is 3. The number of aliphatic hydroxyl groups excluding tert-OH is 1. The van der Waals surface area contributed by atoms with Gasteiger partial charge in [-0.2, -0.15) is 5.10 Å². The molecule has 26 heavy (non-hydrogen) atoms. The van der Waals surface area contributed by atoms with Gasteiger partial charge in [-0.15, -0.1) is 0 Å². The summed E-state index contributed by atoms with van der Waals surface area (Å²) in [5.74, 6) is -0.740. The second kappa shape index (κ2) is 5.99. The Morgan fingerprint density at radius 3 is 2.96 bits per heavy atom. The van der Waals surface area contributed by atoms with Gasteiger partial charge in [0.15, 0.2) is 11.5 Å². The molecule has 2 bridgehead atoms. The van der Waals surface area contributed by atoms with Crippen LogP contribution in [0, 0.1) is 0 Å². The molecule has 2 atom stereocenters. The van der Waals surface area contributed by atoms with Crippen LogP contribution in [0.25, 0.3) is 0 Å². The summed E-state index contributed by atoms with van der Waals surface area (Å²) in [6.07, 6.45) is 1.02. The molecule has 4 rings (SSSR count). The molecule has 0 saturated carbocycles. The highest BCUT2D eigenvalue weighted by molar-refractivity contribution is 5.87. The van der Waals surface area contributed by atoms with Crippen LogP contribution in [0.1, 0.15) is 16.9 Å². The predicted octanol–water partition coefficient (Wildman–Crippen LogP) is -0.340. The number of anilines is 3. The molecule has 0 aromatic carbocycles. The Labute approximate surface area is 148 Å². The predicted molar refractivity (Wildman–Crippen MR) is 93.4 cm³/mol. The van der Waals surface area contributed by atoms with Gasteiger partial charge in [0.25, 0.3) is 5.56 Å². The molecule has 0 radical (unpaired) electrons. The molecule has 2 aromatic rings. The lowest BCUT2D eigenvalue weighted by Gasteiger charge is -2.40. The highest BCUT2D eigenvalue weighted by Crippen LogP contribution is 2.39. The molecule has 2 aromatic heterocycles. The van der Waals surface area contributed by atoms with E-state index in [9.17, 15) is 19.8 Å². The van der Waals surface area contributed by atoms with Crippen molar-refractivity contribution in [1.82, 2.24) is 14.8 Å². The van der Waals surface area contributed by atoms with Crippen LogP contribution in [0.3, 0.4) is 0 Å². The van der Waals surface area contributed by atoms with Crippen molar-refractivity contribution in [3.8, 4) is 0 Å². The largest absolute Gasteiger partial charge is 0.477 e. The maximum atomic E-state index is 12.1. The molecule has 4 heterocycles. The normalized spacial score (nSPS) is 19.2. The Morgan fingerprint density at radius 2 is 2.19 bits per heavy atom. The number of aryl methyl sites for hydroxylation is 1. The monoisotopic (exact) mass is 358 g/mol. The zero-order valence-corrected chi connectivity index (χ0v) is 14.0. The van der Waals surface area contributed by atoms with Crippen LogP contribution >= 0.6 is 0 Å². The van der Waals surface area contributed by atoms with Crippen LogP contribution in [0.4, 0.5) is 17.2 Å². The van der Waals surface area contributed by atoms with Crippen LogP contribution < -0.4 is 20.7 Å². The highest BCUT2D eigenvalue weighted by Gasteiger charge is 2.40. The number of rotatable bonds is 4. The Balaban J connectivity index is 1.72. The smallest absolute Gasteiger partial charge is 0.354 e. The summed E-state index contributed by atoms with van der Waals surface area (Å²) >= 11 is 0. The van der Waals surface area contributed by atoms with Gasteiger partial charge in [0.05, 0.1) is 11.7 Å². The number of fused-ring (bicyclic) bond motifs is 4. The van der Waals surface area contributed by atoms with Gasteiger partial charge in [0.2, 0.25) is 6.35 Å². The van der Waals surface area contributed by atoms with Crippen molar-refractivity contribution in [3.63, 3.8) is 0 Å². The summed E-state index contributed by atoms with van der Waals surface area (Å²) in [5, 5.41) is 26.7. The minimum Gasteiger partial charge on any atom is -0.477 e. The minimum atomic E-state index is -1.23. The van der Waals surface area contributed by atoms with Gasteiger partial charge >= 0.3 is 5.97 Å². The number of nitrogens with zero attached hydrogens (tertiary/aromatic N) is 5. The number of aromatic nitrogens is 3. The van der Waals surface area contributed by atoms with Crippen molar-refractivity contribution in [2.45, 2.75) is 18.8 Å². The molecule has 3 N–H and O–H groups in total. The molecule has 2 aliphatic rings. The van der Waals surface area contributed by atoms with Gasteiger partial charge in [-0.3, -0.25) is 4.79 Å². The lowest BCUT2D eigenvalue weighted by molar-refractivity contribution is 0.0690. The summed E-state index contributed by atoms with van der Waals surface area (Å²) < 4.78 is 1.16. The summed E-state index contributed by atoms with van der Waals surface area (Å²) in [4.78, 5) is 31.4. The van der Waals surface area contributed by atoms with E-state index in [1.807, 2.05) is 0 Å². The van der Waals surface area contributed by atoms with Crippen molar-refractivity contribution in [2.75, 3.05) is 28.2 Å². The van der Waals surface area contributed by atoms with Crippen LogP contribution in [0.15, 0.2) is 29.2 Å². The minimum absolute atomic E-state index is 0.0350. The van der Waals surface area contributed by atoms with Crippen molar-refractivity contribution in [2.24, 2.45) is 7.05 Å². The van der Waals surface area contributed by atoms with Gasteiger partial charge in [0.1, 0.15) is 5.69 Å². The Hall–Kier alpha value is -3.14. The quantitative estimate of drug-likeness (QED) is 0.630. The van der Waals surface area contributed by atoms with E-state index in [-0.39, 0.29) is 23.0 Å². The lowest BCUT2D eigenvalue weighted by Crippen LogP contribution is -2.52. The number of hydrogen-bond acceptors (Lipinski definition) is 8. The fraction of sp³-hybridized carbons (Fsp3) is 0.375. The van der Waals surface area contributed by atoms with Crippen LogP contribution in [-0.2, 0) is 7.05 Å². The molecule has 0 spiro atoms. The van der Waals surface area contributed by atoms with Crippen molar-refractivity contribution < 1.29 is 15.0 Å². The fourth-order valence-corrected chi connectivity index (χ4v) is 3.50. The number of carboxylic acids is 1. The first-order chi connectivity index (χ1) is 12.5. The van der Waals surface area contributed by atoms with E-state index in [1.165, 1.54) is 25.4 Å². The lowest BCUT2D eigenvalue weighted by atomic mass is 10.1. The number of nitrogens with one attached hydrogen (secondary N) is 1. The molecular formula is C16H18N6O4. The average Bonchev–Trinajstić information content (AvgIpc) is 3.03. The van der Waals surface area contributed by atoms with Gasteiger partial charge in [-0.1, -0.05) is 0 Å². The Kier molecular flexibility index (Phi) is 3.76. The van der Waals surface area contributed by atoms with Crippen LogP contribution in [-0.4, -0.2) is 56.4 Å². The van der Waals surface area contributed by atoms with Crippen LogP contribution in [0.2, 0.25) is 0 Å². The van der Waals surface area contributed by atoms with E-state index >= 15 is 0 Å². The molecular weight excluding hydrogens is 340 g/mol. The SMILES string of the molecule is Cn1nccc(NC(O)N2c3nc(C(=O)O)ccc3N3CC[C@H]2C3)c1=O. The summed E-state index contributed by atoms with van der Waals surface area (Å²) in [6.45, 7) is 1.50. The summed E-state index contributed by atoms with van der Waals surface area (Å²) in [5.41, 5.74) is 0.506. The zero-order valence-electron chi connectivity index (χ0n) is 14.0. The molecule has 2 aliphatic heterocycles. The maximum Gasteiger partial charge on any atom is 0.354 e. The van der Waals surface area contributed by atoms with E-state index in [4.69, 9.17) is 0 Å². The number of carboxylic acid groups (broad SMARTS) is 1. The third-order valence-electron chi connectivity index (χ3n) is 4.77. The van der Waals surface area contributed by atoms with E-state index < -0.39 is 12.3 Å². The molecule has 0 aliphatic carbocycles. The highest BCUT2D eigenvalue weighted by atomic mass is 16.4. The molecule has 10 nitrogen and oxygen atoms in total. The molecule has 1 saturated heterocycles. The fourth-order valence-electron chi connectivity index (χ4n) is 3.50. The first-order valence-corrected chi connectivity index (χ1v) is 8.20. The first kappa shape index (κ1) is 16.3. The van der Waals surface area contributed by atoms with E-state index in [0.29, 0.717) is 12.4 Å². The summed E-state index contributed by atoms with van der Waals surface area (Å²) in [6, 6.07) is 4.61. The molecule has 1 fully saturated rings. The van der Waals surface area contributed by atoms with Gasteiger partial charge in [-0.25, -0.2) is 14.5 Å². The average molecular weight is 358 g/mol. The third kappa shape index (κ3) is 2.54. The van der Waals surface area contributed by atoms with Crippen LogP contribution in [0.5, 0.6) is 0 Å². The van der Waals surface area contributed by atoms with Gasteiger partial charge in [0, 0.05) is 26.3 Å². The molecule has 1 unspecified atom stereocenters. The number of carbonyl (C=O) groups is 1. The van der Waals surface area contributed by atoms with E-state index in [2.05, 4.69) is 20.3 Å². The molecule has 136 valence electrons. The third-order valence-corrected chi connectivity index (χ3v) is 4.77. The van der Waals surface area contributed by atoms with Gasteiger partial charge in [-0.05, 0) is 24.6 Å². The van der Waals surface area contributed by atoms with E-state index in [1.54, 1.807) is 11.0 Å². The topological polar surface area (TPSA) is 124 Å². The second-order valence-corrected chi connectivity index (χ2v) is 6.33. The molecule has 10 heteroatoms. The van der Waals surface area contributed by atoms with Gasteiger partial charge < -0.3 is 25.3 Å². The van der Waals surface area contributed by atoms with Crippen molar-refractivity contribution in [3.05, 3.63) is 40.4 Å². The zero-order chi connectivity index (χ0) is 18.4. The Morgan fingerprint density at radius 1 is 1.38 bits per heavy atom. The standard InChI is InChI=1S/C16H18N6O4/c1-20-14(23)10(4-6-17-20)19-16(26)22-9-5-7-21(8-9)12-3-2-11(15(24)25)18-13(12)22/h2-4,6,9,16,19,26H,5,7-8H2,1H3,(H,24,25)/t9-,16?/m0/s1. The number of aromatic carboxylic acids is 1. The summed E-state index contributed by atoms with van der Waals surface area (Å²) in [7, 11) is 1.52. The first-order valence-electron chi connectivity index (χ1n) is 8.20. The number of pyridine rings is 1. The molecule has 0 amide bonds. The van der Waals surface area contributed by atoms with Crippen molar-refractivity contribution >= 4 is 23.2 Å². The second-order valence-electron chi connectivity index (χ2n) is 6.33. The van der Waals surface area contributed by atoms with Crippen molar-refractivity contribution in [1.29, 1.82) is 0 Å². The van der Waals surface area contributed by atoms with E-state index in [0.717, 1.165) is 23.3 Å². The maximum absolute atomic E-state index is 12.1. The Bertz CT molecular complexity index is 929.